The third-order valence-corrected chi connectivity index (χ3v) is 7.34. The number of hydrogen-bond acceptors (Lipinski definition) is 6. The lowest BCUT2D eigenvalue weighted by molar-refractivity contribution is -0.147. The van der Waals surface area contributed by atoms with Crippen molar-refractivity contribution in [2.45, 2.75) is 57.0 Å². The number of carboxylic acid groups (broad SMARTS) is 1. The summed E-state index contributed by atoms with van der Waals surface area (Å²) >= 11 is 7.93. The van der Waals surface area contributed by atoms with Gasteiger partial charge in [-0.2, -0.15) is 0 Å². The number of aromatic nitrogens is 3. The minimum atomic E-state index is -1.47. The van der Waals surface area contributed by atoms with E-state index in [0.29, 0.717) is 21.3 Å². The van der Waals surface area contributed by atoms with Crippen molar-refractivity contribution in [1.29, 1.82) is 0 Å². The Bertz CT molecular complexity index is 1180. The number of carboxylic acids is 1. The summed E-state index contributed by atoms with van der Waals surface area (Å²) in [4.78, 5) is 40.9. The van der Waals surface area contributed by atoms with Crippen LogP contribution in [-0.4, -0.2) is 42.4 Å². The molecule has 7 nitrogen and oxygen atoms in total. The van der Waals surface area contributed by atoms with E-state index in [1.54, 1.807) is 43.8 Å². The molecule has 2 aromatic heterocycles. The smallest absolute Gasteiger partial charge is 0.329 e. The molecule has 1 N–H and O–H groups in total. The quantitative estimate of drug-likeness (QED) is 0.553. The standard InChI is InChI=1S/C24H25ClN4O3S/c1-23(2,3)16-6-5-14(11-17(16)25)21(30)29-19(20-28-9-10-33-20)15(12-24(29,4)22(31)32)18-13-26-7-8-27-18/h5-11,13,15,19H,12H2,1-4H3,(H,31,32)/t15-,19-,24+/m1/s1. The summed E-state index contributed by atoms with van der Waals surface area (Å²) in [5.74, 6) is -1.87. The van der Waals surface area contributed by atoms with Crippen molar-refractivity contribution in [2.75, 3.05) is 0 Å². The molecule has 33 heavy (non-hydrogen) atoms. The molecule has 0 bridgehead atoms. The van der Waals surface area contributed by atoms with Gasteiger partial charge in [-0.15, -0.1) is 11.3 Å². The van der Waals surface area contributed by atoms with Gasteiger partial charge in [0.1, 0.15) is 10.5 Å². The summed E-state index contributed by atoms with van der Waals surface area (Å²) in [6.07, 6.45) is 6.60. The van der Waals surface area contributed by atoms with Crippen LogP contribution >= 0.6 is 22.9 Å². The Hall–Kier alpha value is -2.84. The van der Waals surface area contributed by atoms with Crippen LogP contribution in [0.1, 0.15) is 72.7 Å². The van der Waals surface area contributed by atoms with Gasteiger partial charge >= 0.3 is 5.97 Å². The number of benzene rings is 1. The Morgan fingerprint density at radius 1 is 1.21 bits per heavy atom. The minimum Gasteiger partial charge on any atom is -0.480 e. The van der Waals surface area contributed by atoms with Crippen molar-refractivity contribution in [3.63, 3.8) is 0 Å². The van der Waals surface area contributed by atoms with Crippen LogP contribution in [0.25, 0.3) is 0 Å². The lowest BCUT2D eigenvalue weighted by Gasteiger charge is -2.35. The molecule has 172 valence electrons. The van der Waals surface area contributed by atoms with Crippen LogP contribution in [0.2, 0.25) is 5.02 Å². The predicted molar refractivity (Wildman–Crippen MR) is 127 cm³/mol. The van der Waals surface area contributed by atoms with Gasteiger partial charge in [-0.05, 0) is 36.5 Å². The molecule has 0 aliphatic carbocycles. The van der Waals surface area contributed by atoms with Crippen molar-refractivity contribution in [2.24, 2.45) is 0 Å². The van der Waals surface area contributed by atoms with Gasteiger partial charge in [0.05, 0.1) is 11.7 Å². The molecule has 3 heterocycles. The van der Waals surface area contributed by atoms with Gasteiger partial charge in [0, 0.05) is 46.7 Å². The number of thiazole rings is 1. The van der Waals surface area contributed by atoms with Crippen LogP contribution in [0.4, 0.5) is 0 Å². The highest BCUT2D eigenvalue weighted by Gasteiger charge is 2.57. The molecule has 3 aromatic rings. The molecule has 1 aromatic carbocycles. The molecule has 1 aliphatic rings. The van der Waals surface area contributed by atoms with Gasteiger partial charge in [-0.25, -0.2) is 9.78 Å². The van der Waals surface area contributed by atoms with Gasteiger partial charge in [0.25, 0.3) is 5.91 Å². The van der Waals surface area contributed by atoms with Gasteiger partial charge < -0.3 is 10.0 Å². The summed E-state index contributed by atoms with van der Waals surface area (Å²) in [6.45, 7) is 7.71. The van der Waals surface area contributed by atoms with Gasteiger partial charge in [0.2, 0.25) is 0 Å². The van der Waals surface area contributed by atoms with E-state index in [1.165, 1.54) is 16.2 Å². The molecule has 1 amide bonds. The number of carbonyl (C=O) groups excluding carboxylic acids is 1. The maximum atomic E-state index is 13.9. The van der Waals surface area contributed by atoms with Crippen LogP contribution < -0.4 is 0 Å². The van der Waals surface area contributed by atoms with E-state index >= 15 is 0 Å². The number of halogens is 1. The SMILES string of the molecule is CC(C)(C)c1ccc(C(=O)N2[C@@H](c3nccs3)[C@@H](c3cnccn3)C[C@@]2(C)C(=O)O)cc1Cl. The maximum Gasteiger partial charge on any atom is 0.329 e. The number of likely N-dealkylation sites (tertiary alicyclic amines) is 1. The van der Waals surface area contributed by atoms with Crippen molar-refractivity contribution in [1.82, 2.24) is 19.9 Å². The van der Waals surface area contributed by atoms with Gasteiger partial charge in [0.15, 0.2) is 0 Å². The van der Waals surface area contributed by atoms with Crippen LogP contribution in [0.5, 0.6) is 0 Å². The minimum absolute atomic E-state index is 0.185. The fourth-order valence-corrected chi connectivity index (χ4v) is 5.75. The summed E-state index contributed by atoms with van der Waals surface area (Å²) < 4.78 is 0. The normalized spacial score (nSPS) is 23.0. The van der Waals surface area contributed by atoms with Crippen LogP contribution in [0, 0.1) is 0 Å². The Morgan fingerprint density at radius 3 is 2.52 bits per heavy atom. The Kier molecular flexibility index (Phi) is 6.01. The molecular weight excluding hydrogens is 460 g/mol. The van der Waals surface area contributed by atoms with E-state index in [-0.39, 0.29) is 17.8 Å². The Balaban J connectivity index is 1.85. The Morgan fingerprint density at radius 2 is 1.97 bits per heavy atom. The summed E-state index contributed by atoms with van der Waals surface area (Å²) in [5, 5.41) is 13.2. The highest BCUT2D eigenvalue weighted by molar-refractivity contribution is 7.09. The third-order valence-electron chi connectivity index (χ3n) is 6.18. The number of aliphatic carboxylic acids is 1. The van der Waals surface area contributed by atoms with Crippen LogP contribution in [-0.2, 0) is 10.2 Å². The largest absolute Gasteiger partial charge is 0.480 e. The fraction of sp³-hybridized carbons (Fsp3) is 0.375. The number of carbonyl (C=O) groups is 2. The molecule has 3 atom stereocenters. The summed E-state index contributed by atoms with van der Waals surface area (Å²) in [6, 6.07) is 4.58. The molecule has 1 aliphatic heterocycles. The first kappa shape index (κ1) is 23.3. The average Bonchev–Trinajstić information content (AvgIpc) is 3.39. The molecule has 0 spiro atoms. The average molecular weight is 485 g/mol. The monoisotopic (exact) mass is 484 g/mol. The van der Waals surface area contributed by atoms with E-state index in [0.717, 1.165) is 5.56 Å². The first-order chi connectivity index (χ1) is 15.5. The predicted octanol–water partition coefficient (Wildman–Crippen LogP) is 5.10. The lowest BCUT2D eigenvalue weighted by Crippen LogP contribution is -2.51. The topological polar surface area (TPSA) is 96.3 Å². The number of amides is 1. The number of hydrogen-bond donors (Lipinski definition) is 1. The lowest BCUT2D eigenvalue weighted by atomic mass is 9.86. The molecule has 0 unspecified atom stereocenters. The van der Waals surface area contributed by atoms with Crippen molar-refractivity contribution in [3.05, 3.63) is 75.2 Å². The zero-order valence-corrected chi connectivity index (χ0v) is 20.4. The summed E-state index contributed by atoms with van der Waals surface area (Å²) in [7, 11) is 0. The van der Waals surface area contributed by atoms with E-state index in [9.17, 15) is 14.7 Å². The third kappa shape index (κ3) is 4.13. The zero-order chi connectivity index (χ0) is 24.0. The maximum absolute atomic E-state index is 13.9. The second-order valence-electron chi connectivity index (χ2n) is 9.45. The van der Waals surface area contributed by atoms with Crippen LogP contribution in [0.15, 0.2) is 48.4 Å². The fourth-order valence-electron chi connectivity index (χ4n) is 4.49. The van der Waals surface area contributed by atoms with E-state index < -0.39 is 23.5 Å². The van der Waals surface area contributed by atoms with Crippen molar-refractivity contribution in [3.8, 4) is 0 Å². The highest BCUT2D eigenvalue weighted by atomic mass is 35.5. The van der Waals surface area contributed by atoms with E-state index in [2.05, 4.69) is 15.0 Å². The first-order valence-electron chi connectivity index (χ1n) is 10.6. The molecule has 0 radical (unpaired) electrons. The van der Waals surface area contributed by atoms with Crippen LogP contribution in [0.3, 0.4) is 0 Å². The number of rotatable bonds is 4. The van der Waals surface area contributed by atoms with E-state index in [1.807, 2.05) is 32.2 Å². The van der Waals surface area contributed by atoms with Gasteiger partial charge in [-0.3, -0.25) is 14.8 Å². The second-order valence-corrected chi connectivity index (χ2v) is 10.8. The summed E-state index contributed by atoms with van der Waals surface area (Å²) in [5.41, 5.74) is 0.216. The molecule has 9 heteroatoms. The van der Waals surface area contributed by atoms with E-state index in [4.69, 9.17) is 11.6 Å². The highest BCUT2D eigenvalue weighted by Crippen LogP contribution is 2.52. The molecule has 1 fully saturated rings. The first-order valence-corrected chi connectivity index (χ1v) is 11.8. The van der Waals surface area contributed by atoms with Gasteiger partial charge in [-0.1, -0.05) is 38.4 Å². The molecule has 4 rings (SSSR count). The zero-order valence-electron chi connectivity index (χ0n) is 18.8. The molecule has 1 saturated heterocycles. The van der Waals surface area contributed by atoms with Crippen molar-refractivity contribution < 1.29 is 14.7 Å². The number of nitrogens with zero attached hydrogens (tertiary/aromatic N) is 4. The molecular formula is C24H25ClN4O3S. The Labute approximate surface area is 201 Å². The molecule has 0 saturated carbocycles. The van der Waals surface area contributed by atoms with Crippen molar-refractivity contribution >= 4 is 34.8 Å². The second kappa shape index (κ2) is 8.50.